The van der Waals surface area contributed by atoms with Crippen LogP contribution in [0.15, 0.2) is 36.8 Å². The number of aromatic nitrogens is 5. The Bertz CT molecular complexity index is 1540. The van der Waals surface area contributed by atoms with Crippen molar-refractivity contribution in [1.82, 2.24) is 29.7 Å². The second kappa shape index (κ2) is 10.1. The highest BCUT2D eigenvalue weighted by molar-refractivity contribution is 5.96. The van der Waals surface area contributed by atoms with Crippen molar-refractivity contribution >= 4 is 23.4 Å². The maximum absolute atomic E-state index is 12.8. The van der Waals surface area contributed by atoms with Crippen molar-refractivity contribution in [2.24, 2.45) is 5.73 Å². The Morgan fingerprint density at radius 1 is 1.16 bits per heavy atom. The van der Waals surface area contributed by atoms with Gasteiger partial charge in [-0.15, -0.1) is 5.10 Å². The third kappa shape index (κ3) is 5.13. The van der Waals surface area contributed by atoms with Crippen LogP contribution < -0.4 is 11.1 Å². The number of benzene rings is 1. The van der Waals surface area contributed by atoms with E-state index < -0.39 is 5.97 Å². The summed E-state index contributed by atoms with van der Waals surface area (Å²) in [6.07, 6.45) is 7.67. The lowest BCUT2D eigenvalue weighted by Crippen LogP contribution is -2.24. The predicted octanol–water partition coefficient (Wildman–Crippen LogP) is 2.86. The maximum atomic E-state index is 12.8. The Kier molecular flexibility index (Phi) is 6.66. The fourth-order valence-electron chi connectivity index (χ4n) is 4.58. The third-order valence-electron chi connectivity index (χ3n) is 6.69. The molecule has 0 atom stereocenters. The van der Waals surface area contributed by atoms with Gasteiger partial charge in [-0.1, -0.05) is 5.21 Å². The number of nitrogen functional groups attached to an aromatic ring is 1. The van der Waals surface area contributed by atoms with E-state index in [0.717, 1.165) is 35.1 Å². The van der Waals surface area contributed by atoms with Gasteiger partial charge in [-0.3, -0.25) is 10.2 Å². The zero-order valence-electron chi connectivity index (χ0n) is 21.6. The van der Waals surface area contributed by atoms with E-state index in [4.69, 9.17) is 15.9 Å². The number of fused-ring (bicyclic) bond motifs is 1. The summed E-state index contributed by atoms with van der Waals surface area (Å²) in [5.74, 6) is -0.262. The minimum Gasteiger partial charge on any atom is -0.462 e. The number of nitrogens with two attached hydrogens (primary N) is 1. The topological polar surface area (TPSA) is 153 Å². The summed E-state index contributed by atoms with van der Waals surface area (Å²) in [4.78, 5) is 30.0. The van der Waals surface area contributed by atoms with Gasteiger partial charge in [0.25, 0.3) is 5.91 Å². The molecule has 38 heavy (non-hydrogen) atoms. The summed E-state index contributed by atoms with van der Waals surface area (Å²) < 4.78 is 8.66. The van der Waals surface area contributed by atoms with Crippen LogP contribution in [0.5, 0.6) is 0 Å². The van der Waals surface area contributed by atoms with E-state index >= 15 is 0 Å². The second-order valence-corrected chi connectivity index (χ2v) is 9.63. The standard InChI is InChI=1S/C27H30N8O3/c1-4-38-27(37)21-9-19(17-5-6-17)11-34-12-20(31-25(21)34)13-35-14-23(32-33-35)26(36)30-10-22-15(2)7-18(24(28)29)8-16(22)3/h7-9,11-12,14,17H,4-6,10,13H2,1-3H3,(H3,28,29)(H,30,36). The Morgan fingerprint density at radius 3 is 2.55 bits per heavy atom. The number of nitrogens with zero attached hydrogens (tertiary/aromatic N) is 5. The van der Waals surface area contributed by atoms with Crippen LogP contribution in [0.1, 0.15) is 80.0 Å². The molecular formula is C27H30N8O3. The van der Waals surface area contributed by atoms with Crippen LogP contribution in [0.3, 0.4) is 0 Å². The Morgan fingerprint density at radius 2 is 1.89 bits per heavy atom. The molecule has 1 fully saturated rings. The highest BCUT2D eigenvalue weighted by Gasteiger charge is 2.27. The number of rotatable bonds is 9. The summed E-state index contributed by atoms with van der Waals surface area (Å²) in [7, 11) is 0. The van der Waals surface area contributed by atoms with E-state index in [2.05, 4.69) is 20.6 Å². The maximum Gasteiger partial charge on any atom is 0.341 e. The van der Waals surface area contributed by atoms with E-state index in [1.807, 2.05) is 48.8 Å². The van der Waals surface area contributed by atoms with Crippen LogP contribution >= 0.6 is 0 Å². The summed E-state index contributed by atoms with van der Waals surface area (Å²) in [5.41, 5.74) is 12.1. The Hall–Kier alpha value is -4.54. The number of esters is 1. The zero-order valence-corrected chi connectivity index (χ0v) is 21.6. The van der Waals surface area contributed by atoms with Crippen molar-refractivity contribution in [2.75, 3.05) is 6.61 Å². The van der Waals surface area contributed by atoms with Crippen molar-refractivity contribution in [3.63, 3.8) is 0 Å². The van der Waals surface area contributed by atoms with Gasteiger partial charge < -0.3 is 20.2 Å². The molecule has 0 aliphatic heterocycles. The van der Waals surface area contributed by atoms with Crippen LogP contribution in [0.25, 0.3) is 5.65 Å². The quantitative estimate of drug-likeness (QED) is 0.176. The van der Waals surface area contributed by atoms with Crippen molar-refractivity contribution in [3.8, 4) is 0 Å². The van der Waals surface area contributed by atoms with Gasteiger partial charge in [-0.25, -0.2) is 14.5 Å². The minimum absolute atomic E-state index is 0.00878. The zero-order chi connectivity index (χ0) is 27.0. The van der Waals surface area contributed by atoms with Gasteiger partial charge >= 0.3 is 5.97 Å². The third-order valence-corrected chi connectivity index (χ3v) is 6.69. The SMILES string of the molecule is CCOC(=O)c1cc(C2CC2)cn2cc(Cn3cc(C(=O)NCc4c(C)cc(C(=N)N)cc4C)nn3)nc12. The number of hydrogen-bond acceptors (Lipinski definition) is 7. The second-order valence-electron chi connectivity index (χ2n) is 9.63. The first-order chi connectivity index (χ1) is 18.2. The molecule has 4 N–H and O–H groups in total. The number of aryl methyl sites for hydroxylation is 2. The fourth-order valence-corrected chi connectivity index (χ4v) is 4.58. The highest BCUT2D eigenvalue weighted by Crippen LogP contribution is 2.40. The number of amidine groups is 1. The molecule has 5 rings (SSSR count). The summed E-state index contributed by atoms with van der Waals surface area (Å²) in [5, 5.41) is 18.6. The predicted molar refractivity (Wildman–Crippen MR) is 140 cm³/mol. The molecule has 196 valence electrons. The number of pyridine rings is 1. The lowest BCUT2D eigenvalue weighted by Gasteiger charge is -2.12. The first-order valence-corrected chi connectivity index (χ1v) is 12.5. The molecule has 0 unspecified atom stereocenters. The monoisotopic (exact) mass is 514 g/mol. The van der Waals surface area contributed by atoms with Crippen LogP contribution in [-0.2, 0) is 17.8 Å². The molecule has 1 amide bonds. The number of carbonyl (C=O) groups is 2. The van der Waals surface area contributed by atoms with E-state index in [-0.39, 0.29) is 24.0 Å². The first-order valence-electron chi connectivity index (χ1n) is 12.5. The number of nitrogens with one attached hydrogen (secondary N) is 2. The highest BCUT2D eigenvalue weighted by atomic mass is 16.5. The van der Waals surface area contributed by atoms with Crippen molar-refractivity contribution in [1.29, 1.82) is 5.41 Å². The molecule has 0 saturated heterocycles. The number of hydrogen-bond donors (Lipinski definition) is 3. The van der Waals surface area contributed by atoms with E-state index in [9.17, 15) is 9.59 Å². The fraction of sp³-hybridized carbons (Fsp3) is 0.333. The summed E-state index contributed by atoms with van der Waals surface area (Å²) in [6.45, 7) is 6.52. The molecule has 0 bridgehead atoms. The average molecular weight is 515 g/mol. The van der Waals surface area contributed by atoms with Gasteiger partial charge in [0.05, 0.1) is 25.0 Å². The molecule has 11 heteroatoms. The van der Waals surface area contributed by atoms with E-state index in [1.165, 1.54) is 0 Å². The van der Waals surface area contributed by atoms with Gasteiger partial charge in [-0.2, -0.15) is 0 Å². The molecule has 3 aromatic heterocycles. The molecule has 11 nitrogen and oxygen atoms in total. The van der Waals surface area contributed by atoms with Gasteiger partial charge in [0.15, 0.2) is 11.3 Å². The van der Waals surface area contributed by atoms with Gasteiger partial charge in [-0.05, 0) is 80.0 Å². The Labute approximate surface area is 219 Å². The summed E-state index contributed by atoms with van der Waals surface area (Å²) in [6, 6.07) is 5.56. The molecular weight excluding hydrogens is 484 g/mol. The number of carbonyl (C=O) groups excluding carboxylic acids is 2. The van der Waals surface area contributed by atoms with Crippen molar-refractivity contribution in [2.45, 2.75) is 52.6 Å². The summed E-state index contributed by atoms with van der Waals surface area (Å²) >= 11 is 0. The van der Waals surface area contributed by atoms with E-state index in [0.29, 0.717) is 41.5 Å². The van der Waals surface area contributed by atoms with Gasteiger partial charge in [0, 0.05) is 24.5 Å². The van der Waals surface area contributed by atoms with Crippen molar-refractivity contribution in [3.05, 3.63) is 81.6 Å². The minimum atomic E-state index is -0.390. The number of ether oxygens (including phenoxy) is 1. The molecule has 4 aromatic rings. The molecule has 1 aliphatic carbocycles. The van der Waals surface area contributed by atoms with Crippen LogP contribution in [-0.4, -0.2) is 48.7 Å². The van der Waals surface area contributed by atoms with Gasteiger partial charge in [0.2, 0.25) is 0 Å². The normalized spacial score (nSPS) is 13.0. The number of amides is 1. The van der Waals surface area contributed by atoms with Crippen LogP contribution in [0.4, 0.5) is 0 Å². The van der Waals surface area contributed by atoms with Crippen LogP contribution in [0.2, 0.25) is 0 Å². The average Bonchev–Trinajstić information content (AvgIpc) is 3.49. The van der Waals surface area contributed by atoms with Gasteiger partial charge in [0.1, 0.15) is 11.4 Å². The molecule has 1 saturated carbocycles. The molecule has 1 aliphatic rings. The lowest BCUT2D eigenvalue weighted by atomic mass is 9.99. The smallest absolute Gasteiger partial charge is 0.341 e. The Balaban J connectivity index is 1.30. The molecule has 1 aromatic carbocycles. The number of imidazole rings is 1. The van der Waals surface area contributed by atoms with E-state index in [1.54, 1.807) is 17.8 Å². The molecule has 0 spiro atoms. The largest absolute Gasteiger partial charge is 0.462 e. The van der Waals surface area contributed by atoms with Crippen molar-refractivity contribution < 1.29 is 14.3 Å². The molecule has 0 radical (unpaired) electrons. The first kappa shape index (κ1) is 25.1. The lowest BCUT2D eigenvalue weighted by molar-refractivity contribution is 0.0527. The van der Waals surface area contributed by atoms with Crippen LogP contribution in [0, 0.1) is 19.3 Å². The molecule has 3 heterocycles.